The highest BCUT2D eigenvalue weighted by Gasteiger charge is 2.20. The number of hydrogen-bond donors (Lipinski definition) is 0. The van der Waals surface area contributed by atoms with Crippen LogP contribution in [0.4, 0.5) is 0 Å². The summed E-state index contributed by atoms with van der Waals surface area (Å²) in [6.07, 6.45) is 5.45. The van der Waals surface area contributed by atoms with Crippen LogP contribution in [0.5, 0.6) is 0 Å². The molecule has 21 heavy (non-hydrogen) atoms. The molecule has 6 nitrogen and oxygen atoms in total. The molecule has 0 radical (unpaired) electrons. The average molecular weight is 294 g/mol. The van der Waals surface area contributed by atoms with Crippen LogP contribution >= 0.6 is 0 Å². The number of rotatable bonds is 8. The summed E-state index contributed by atoms with van der Waals surface area (Å²) in [5.74, 6) is -0.355. The van der Waals surface area contributed by atoms with Crippen molar-refractivity contribution in [1.82, 2.24) is 19.9 Å². The van der Waals surface area contributed by atoms with E-state index in [0.29, 0.717) is 12.3 Å². The second kappa shape index (κ2) is 8.12. The van der Waals surface area contributed by atoms with Crippen LogP contribution < -0.4 is 0 Å². The number of nitrogens with zero attached hydrogens (tertiary/aromatic N) is 4. The van der Waals surface area contributed by atoms with Gasteiger partial charge in [-0.15, -0.1) is 5.10 Å². The van der Waals surface area contributed by atoms with Gasteiger partial charge in [0.2, 0.25) is 0 Å². The number of hydrogen-bond acceptors (Lipinski definition) is 5. The smallest absolute Gasteiger partial charge is 0.360 e. The van der Waals surface area contributed by atoms with Crippen molar-refractivity contribution in [2.24, 2.45) is 0 Å². The van der Waals surface area contributed by atoms with Crippen LogP contribution in [0.25, 0.3) is 0 Å². The van der Waals surface area contributed by atoms with Crippen molar-refractivity contribution in [2.45, 2.75) is 52.5 Å². The SMILES string of the molecule is CCCc1c(C(=O)OCC)nnn1CCCN1CCCC1. The molecule has 1 saturated heterocycles. The van der Waals surface area contributed by atoms with E-state index < -0.39 is 0 Å². The third kappa shape index (κ3) is 4.27. The molecular weight excluding hydrogens is 268 g/mol. The number of aromatic nitrogens is 3. The van der Waals surface area contributed by atoms with Crippen molar-refractivity contribution in [3.8, 4) is 0 Å². The molecular formula is C15H26N4O2. The van der Waals surface area contributed by atoms with Crippen LogP contribution in [0.1, 0.15) is 55.7 Å². The Morgan fingerprint density at radius 1 is 1.24 bits per heavy atom. The molecule has 0 N–H and O–H groups in total. The van der Waals surface area contributed by atoms with Gasteiger partial charge in [0.15, 0.2) is 5.69 Å². The maximum atomic E-state index is 11.9. The molecule has 1 fully saturated rings. The van der Waals surface area contributed by atoms with Gasteiger partial charge in [0.1, 0.15) is 0 Å². The van der Waals surface area contributed by atoms with Crippen molar-refractivity contribution < 1.29 is 9.53 Å². The highest BCUT2D eigenvalue weighted by atomic mass is 16.5. The van der Waals surface area contributed by atoms with Crippen LogP contribution in [0, 0.1) is 0 Å². The zero-order valence-corrected chi connectivity index (χ0v) is 13.2. The molecule has 1 aromatic heterocycles. The minimum atomic E-state index is -0.355. The monoisotopic (exact) mass is 294 g/mol. The van der Waals surface area contributed by atoms with E-state index in [2.05, 4.69) is 22.1 Å². The number of likely N-dealkylation sites (tertiary alicyclic amines) is 1. The van der Waals surface area contributed by atoms with Gasteiger partial charge in [-0.1, -0.05) is 18.6 Å². The number of aryl methyl sites for hydroxylation is 1. The van der Waals surface area contributed by atoms with Crippen molar-refractivity contribution >= 4 is 5.97 Å². The Kier molecular flexibility index (Phi) is 6.17. The van der Waals surface area contributed by atoms with Gasteiger partial charge in [-0.25, -0.2) is 9.48 Å². The largest absolute Gasteiger partial charge is 0.461 e. The lowest BCUT2D eigenvalue weighted by molar-refractivity contribution is 0.0518. The van der Waals surface area contributed by atoms with Crippen molar-refractivity contribution in [1.29, 1.82) is 0 Å². The summed E-state index contributed by atoms with van der Waals surface area (Å²) in [5, 5.41) is 8.18. The van der Waals surface area contributed by atoms with E-state index in [-0.39, 0.29) is 5.97 Å². The second-order valence-corrected chi connectivity index (χ2v) is 5.48. The first kappa shape index (κ1) is 15.9. The number of esters is 1. The van der Waals surface area contributed by atoms with Gasteiger partial charge in [-0.05, 0) is 52.2 Å². The Balaban J connectivity index is 1.95. The van der Waals surface area contributed by atoms with E-state index in [0.717, 1.165) is 38.0 Å². The quantitative estimate of drug-likeness (QED) is 0.685. The zero-order valence-electron chi connectivity index (χ0n) is 13.2. The molecule has 2 rings (SSSR count). The van der Waals surface area contributed by atoms with E-state index in [1.165, 1.54) is 25.9 Å². The number of carbonyl (C=O) groups is 1. The lowest BCUT2D eigenvalue weighted by Gasteiger charge is -2.14. The molecule has 0 bridgehead atoms. The van der Waals surface area contributed by atoms with Crippen molar-refractivity contribution in [2.75, 3.05) is 26.2 Å². The Labute approximate surface area is 126 Å². The molecule has 0 unspecified atom stereocenters. The predicted octanol–water partition coefficient (Wildman–Crippen LogP) is 1.89. The molecule has 6 heteroatoms. The molecule has 1 aliphatic rings. The van der Waals surface area contributed by atoms with Gasteiger partial charge in [0.25, 0.3) is 0 Å². The first-order valence-electron chi connectivity index (χ1n) is 8.08. The molecule has 1 aliphatic heterocycles. The first-order valence-corrected chi connectivity index (χ1v) is 8.08. The Bertz CT molecular complexity index is 453. The summed E-state index contributed by atoms with van der Waals surface area (Å²) in [6, 6.07) is 0. The maximum absolute atomic E-state index is 11.9. The summed E-state index contributed by atoms with van der Waals surface area (Å²) in [5.41, 5.74) is 1.30. The minimum absolute atomic E-state index is 0.355. The van der Waals surface area contributed by atoms with E-state index in [9.17, 15) is 4.79 Å². The molecule has 0 aromatic carbocycles. The molecule has 0 saturated carbocycles. The van der Waals surface area contributed by atoms with Gasteiger partial charge in [-0.2, -0.15) is 0 Å². The molecule has 0 atom stereocenters. The molecule has 0 spiro atoms. The first-order chi connectivity index (χ1) is 10.3. The lowest BCUT2D eigenvalue weighted by Crippen LogP contribution is -2.22. The summed E-state index contributed by atoms with van der Waals surface area (Å²) in [6.45, 7) is 8.61. The third-order valence-corrected chi connectivity index (χ3v) is 3.84. The van der Waals surface area contributed by atoms with Gasteiger partial charge in [-0.3, -0.25) is 0 Å². The van der Waals surface area contributed by atoms with Crippen molar-refractivity contribution in [3.05, 3.63) is 11.4 Å². The summed E-state index contributed by atoms with van der Waals surface area (Å²) in [7, 11) is 0. The van der Waals surface area contributed by atoms with Gasteiger partial charge in [0.05, 0.1) is 12.3 Å². The zero-order chi connectivity index (χ0) is 15.1. The highest BCUT2D eigenvalue weighted by molar-refractivity contribution is 5.88. The topological polar surface area (TPSA) is 60.2 Å². The predicted molar refractivity (Wildman–Crippen MR) is 80.3 cm³/mol. The summed E-state index contributed by atoms with van der Waals surface area (Å²) in [4.78, 5) is 14.4. The van der Waals surface area contributed by atoms with Crippen LogP contribution in [-0.4, -0.2) is 52.1 Å². The van der Waals surface area contributed by atoms with Crippen LogP contribution in [0.2, 0.25) is 0 Å². The van der Waals surface area contributed by atoms with Gasteiger partial charge >= 0.3 is 5.97 Å². The molecule has 118 valence electrons. The van der Waals surface area contributed by atoms with Crippen LogP contribution in [0.3, 0.4) is 0 Å². The summed E-state index contributed by atoms with van der Waals surface area (Å²) >= 11 is 0. The fraction of sp³-hybridized carbons (Fsp3) is 0.800. The third-order valence-electron chi connectivity index (χ3n) is 3.84. The maximum Gasteiger partial charge on any atom is 0.360 e. The molecule has 1 aromatic rings. The van der Waals surface area contributed by atoms with E-state index in [1.807, 2.05) is 4.68 Å². The molecule has 2 heterocycles. The Hall–Kier alpha value is -1.43. The van der Waals surface area contributed by atoms with Crippen molar-refractivity contribution in [3.63, 3.8) is 0 Å². The minimum Gasteiger partial charge on any atom is -0.461 e. The van der Waals surface area contributed by atoms with E-state index in [4.69, 9.17) is 4.74 Å². The van der Waals surface area contributed by atoms with Crippen LogP contribution in [-0.2, 0) is 17.7 Å². The Morgan fingerprint density at radius 3 is 2.67 bits per heavy atom. The normalized spacial score (nSPS) is 15.5. The fourth-order valence-corrected chi connectivity index (χ4v) is 2.80. The average Bonchev–Trinajstić information content (AvgIpc) is 3.10. The Morgan fingerprint density at radius 2 is 2.00 bits per heavy atom. The standard InChI is InChI=1S/C15H26N4O2/c1-3-8-13-14(15(20)21-4-2)16-17-19(13)12-7-11-18-9-5-6-10-18/h3-12H2,1-2H3. The van der Waals surface area contributed by atoms with Gasteiger partial charge < -0.3 is 9.64 Å². The van der Waals surface area contributed by atoms with E-state index in [1.54, 1.807) is 6.92 Å². The number of carbonyl (C=O) groups excluding carboxylic acids is 1. The van der Waals surface area contributed by atoms with Gasteiger partial charge in [0, 0.05) is 6.54 Å². The molecule has 0 aliphatic carbocycles. The van der Waals surface area contributed by atoms with Crippen LogP contribution in [0.15, 0.2) is 0 Å². The number of ether oxygens (including phenoxy) is 1. The summed E-state index contributed by atoms with van der Waals surface area (Å²) < 4.78 is 6.93. The molecule has 0 amide bonds. The van der Waals surface area contributed by atoms with E-state index >= 15 is 0 Å². The fourth-order valence-electron chi connectivity index (χ4n) is 2.80. The second-order valence-electron chi connectivity index (χ2n) is 5.48. The lowest BCUT2D eigenvalue weighted by atomic mass is 10.2. The highest BCUT2D eigenvalue weighted by Crippen LogP contribution is 2.12.